The Morgan fingerprint density at radius 3 is 2.35 bits per heavy atom. The third kappa shape index (κ3) is 5.71. The summed E-state index contributed by atoms with van der Waals surface area (Å²) in [4.78, 5) is 11.0. The first kappa shape index (κ1) is 16.7. The predicted molar refractivity (Wildman–Crippen MR) is 77.9 cm³/mol. The molecule has 1 rings (SSSR count). The van der Waals surface area contributed by atoms with Gasteiger partial charge in [-0.25, -0.2) is 13.1 Å². The van der Waals surface area contributed by atoms with Gasteiger partial charge >= 0.3 is 5.97 Å². The molecular formula is C14H21NO4S. The van der Waals surface area contributed by atoms with E-state index in [2.05, 4.69) is 4.72 Å². The molecule has 0 spiro atoms. The van der Waals surface area contributed by atoms with Crippen LogP contribution in [0, 0.1) is 5.92 Å². The number of hydrogen-bond donors (Lipinski definition) is 2. The molecule has 0 radical (unpaired) electrons. The molecule has 20 heavy (non-hydrogen) atoms. The van der Waals surface area contributed by atoms with Crippen LogP contribution in [-0.4, -0.2) is 31.3 Å². The Morgan fingerprint density at radius 1 is 1.25 bits per heavy atom. The molecule has 0 bridgehead atoms. The minimum absolute atomic E-state index is 0.0710. The average molecular weight is 299 g/mol. The van der Waals surface area contributed by atoms with Crippen molar-refractivity contribution in [3.05, 3.63) is 35.9 Å². The molecule has 0 aliphatic heterocycles. The summed E-state index contributed by atoms with van der Waals surface area (Å²) in [7, 11) is -3.57. The minimum atomic E-state index is -3.57. The normalized spacial score (nSPS) is 13.3. The number of hydrogen-bond acceptors (Lipinski definition) is 3. The number of nitrogens with one attached hydrogen (secondary N) is 1. The van der Waals surface area contributed by atoms with Gasteiger partial charge in [-0.3, -0.25) is 4.79 Å². The molecule has 0 aliphatic carbocycles. The van der Waals surface area contributed by atoms with Crippen molar-refractivity contribution >= 4 is 16.0 Å². The highest BCUT2D eigenvalue weighted by Crippen LogP contribution is 2.07. The van der Waals surface area contributed by atoms with Crippen LogP contribution >= 0.6 is 0 Å². The van der Waals surface area contributed by atoms with Gasteiger partial charge in [-0.15, -0.1) is 0 Å². The predicted octanol–water partition coefficient (Wildman–Crippen LogP) is 1.65. The largest absolute Gasteiger partial charge is 0.480 e. The van der Waals surface area contributed by atoms with Crippen LogP contribution in [-0.2, 0) is 21.2 Å². The summed E-state index contributed by atoms with van der Waals surface area (Å²) in [5.41, 5.74) is 1.07. The van der Waals surface area contributed by atoms with Crippen LogP contribution in [0.5, 0.6) is 0 Å². The highest BCUT2D eigenvalue weighted by molar-refractivity contribution is 7.89. The van der Waals surface area contributed by atoms with E-state index in [9.17, 15) is 13.2 Å². The number of sulfonamides is 1. The second-order valence-corrected chi connectivity index (χ2v) is 6.96. The second-order valence-electron chi connectivity index (χ2n) is 5.09. The van der Waals surface area contributed by atoms with Crippen molar-refractivity contribution in [2.45, 2.75) is 32.7 Å². The fourth-order valence-electron chi connectivity index (χ4n) is 1.84. The Hall–Kier alpha value is -1.40. The van der Waals surface area contributed by atoms with E-state index in [1.54, 1.807) is 13.8 Å². The standard InChI is InChI=1S/C14H21NO4S/c1-11(2)13(14(16)17)15-20(18,19)10-6-9-12-7-4-3-5-8-12/h3-5,7-8,11,13,15H,6,9-10H2,1-2H3,(H,16,17). The highest BCUT2D eigenvalue weighted by Gasteiger charge is 2.26. The highest BCUT2D eigenvalue weighted by atomic mass is 32.2. The minimum Gasteiger partial charge on any atom is -0.480 e. The first-order chi connectivity index (χ1) is 9.32. The van der Waals surface area contributed by atoms with Gasteiger partial charge in [0, 0.05) is 0 Å². The maximum absolute atomic E-state index is 11.9. The maximum Gasteiger partial charge on any atom is 0.321 e. The van der Waals surface area contributed by atoms with Gasteiger partial charge in [0.1, 0.15) is 6.04 Å². The number of carboxylic acid groups (broad SMARTS) is 1. The van der Waals surface area contributed by atoms with E-state index in [-0.39, 0.29) is 11.7 Å². The Bertz CT molecular complexity index is 525. The molecule has 1 aromatic rings. The Balaban J connectivity index is 2.51. The lowest BCUT2D eigenvalue weighted by molar-refractivity contribution is -0.140. The molecule has 112 valence electrons. The summed E-state index contributed by atoms with van der Waals surface area (Å²) < 4.78 is 26.0. The van der Waals surface area contributed by atoms with E-state index in [1.165, 1.54) is 0 Å². The summed E-state index contributed by atoms with van der Waals surface area (Å²) in [6.45, 7) is 3.34. The van der Waals surface area contributed by atoms with Crippen molar-refractivity contribution in [1.29, 1.82) is 0 Å². The number of carbonyl (C=O) groups is 1. The third-order valence-corrected chi connectivity index (χ3v) is 4.40. The van der Waals surface area contributed by atoms with Gasteiger partial charge in [-0.2, -0.15) is 0 Å². The monoisotopic (exact) mass is 299 g/mol. The lowest BCUT2D eigenvalue weighted by Gasteiger charge is -2.17. The van der Waals surface area contributed by atoms with E-state index >= 15 is 0 Å². The van der Waals surface area contributed by atoms with E-state index in [0.717, 1.165) is 5.56 Å². The van der Waals surface area contributed by atoms with Crippen LogP contribution in [0.4, 0.5) is 0 Å². The average Bonchev–Trinajstić information content (AvgIpc) is 2.36. The quantitative estimate of drug-likeness (QED) is 0.764. The van der Waals surface area contributed by atoms with Gasteiger partial charge in [0.15, 0.2) is 0 Å². The fraction of sp³-hybridized carbons (Fsp3) is 0.500. The van der Waals surface area contributed by atoms with Crippen molar-refractivity contribution < 1.29 is 18.3 Å². The van der Waals surface area contributed by atoms with Crippen molar-refractivity contribution in [1.82, 2.24) is 4.72 Å². The molecule has 0 amide bonds. The molecule has 0 saturated heterocycles. The molecule has 1 atom stereocenters. The summed E-state index contributed by atoms with van der Waals surface area (Å²) in [6.07, 6.45) is 1.12. The molecule has 2 N–H and O–H groups in total. The van der Waals surface area contributed by atoms with Crippen LogP contribution in [0.1, 0.15) is 25.8 Å². The van der Waals surface area contributed by atoms with Crippen LogP contribution in [0.25, 0.3) is 0 Å². The fourth-order valence-corrected chi connectivity index (χ4v) is 3.24. The molecular weight excluding hydrogens is 278 g/mol. The zero-order valence-corrected chi connectivity index (χ0v) is 12.6. The van der Waals surface area contributed by atoms with Crippen molar-refractivity contribution in [2.24, 2.45) is 5.92 Å². The number of benzene rings is 1. The van der Waals surface area contributed by atoms with Crippen LogP contribution in [0.3, 0.4) is 0 Å². The molecule has 0 fully saturated rings. The third-order valence-electron chi connectivity index (χ3n) is 2.96. The van der Waals surface area contributed by atoms with Gasteiger partial charge in [-0.1, -0.05) is 44.2 Å². The zero-order chi connectivity index (χ0) is 15.2. The molecule has 0 saturated carbocycles. The van der Waals surface area contributed by atoms with E-state index in [0.29, 0.717) is 12.8 Å². The number of rotatable bonds is 8. The molecule has 1 aromatic carbocycles. The molecule has 5 nitrogen and oxygen atoms in total. The smallest absolute Gasteiger partial charge is 0.321 e. The summed E-state index contributed by atoms with van der Waals surface area (Å²) >= 11 is 0. The van der Waals surface area contributed by atoms with Crippen molar-refractivity contribution in [3.8, 4) is 0 Å². The first-order valence-corrected chi connectivity index (χ1v) is 8.24. The van der Waals surface area contributed by atoms with Crippen LogP contribution < -0.4 is 4.72 Å². The number of aryl methyl sites for hydroxylation is 1. The maximum atomic E-state index is 11.9. The second kappa shape index (κ2) is 7.40. The van der Waals surface area contributed by atoms with Crippen molar-refractivity contribution in [2.75, 3.05) is 5.75 Å². The SMILES string of the molecule is CC(C)C(NS(=O)(=O)CCCc1ccccc1)C(=O)O. The number of aliphatic carboxylic acids is 1. The van der Waals surface area contributed by atoms with Gasteiger partial charge in [0.05, 0.1) is 5.75 Å². The number of carboxylic acids is 1. The van der Waals surface area contributed by atoms with E-state index in [1.807, 2.05) is 30.3 Å². The van der Waals surface area contributed by atoms with E-state index in [4.69, 9.17) is 5.11 Å². The lowest BCUT2D eigenvalue weighted by atomic mass is 10.1. The van der Waals surface area contributed by atoms with Gasteiger partial charge in [0.2, 0.25) is 10.0 Å². The Labute approximate surface area is 120 Å². The summed E-state index contributed by atoms with van der Waals surface area (Å²) in [5.74, 6) is -1.51. The topological polar surface area (TPSA) is 83.5 Å². The Morgan fingerprint density at radius 2 is 1.85 bits per heavy atom. The van der Waals surface area contributed by atoms with Crippen LogP contribution in [0.2, 0.25) is 0 Å². The molecule has 6 heteroatoms. The summed E-state index contributed by atoms with van der Waals surface area (Å²) in [5, 5.41) is 8.98. The molecule has 0 aliphatic rings. The first-order valence-electron chi connectivity index (χ1n) is 6.58. The summed E-state index contributed by atoms with van der Waals surface area (Å²) in [6, 6.07) is 8.52. The molecule has 0 aromatic heterocycles. The molecule has 1 unspecified atom stereocenters. The van der Waals surface area contributed by atoms with Gasteiger partial charge < -0.3 is 5.11 Å². The van der Waals surface area contributed by atoms with Gasteiger partial charge in [-0.05, 0) is 24.3 Å². The Kier molecular flexibility index (Phi) is 6.16. The van der Waals surface area contributed by atoms with Gasteiger partial charge in [0.25, 0.3) is 0 Å². The molecule has 0 heterocycles. The van der Waals surface area contributed by atoms with Crippen LogP contribution in [0.15, 0.2) is 30.3 Å². The zero-order valence-electron chi connectivity index (χ0n) is 11.7. The van der Waals surface area contributed by atoms with E-state index < -0.39 is 22.0 Å². The van der Waals surface area contributed by atoms with Crippen molar-refractivity contribution in [3.63, 3.8) is 0 Å². The lowest BCUT2D eigenvalue weighted by Crippen LogP contribution is -2.45.